The van der Waals surface area contributed by atoms with Gasteiger partial charge in [-0.1, -0.05) is 121 Å². The topological polar surface area (TPSA) is 142 Å². The molecule has 8 heteroatoms. The molecule has 72 heavy (non-hydrogen) atoms. The van der Waals surface area contributed by atoms with Gasteiger partial charge in [-0.05, 0) is 113 Å². The second kappa shape index (κ2) is 17.4. The van der Waals surface area contributed by atoms with Crippen molar-refractivity contribution in [2.75, 3.05) is 0 Å². The van der Waals surface area contributed by atoms with Gasteiger partial charge in [-0.15, -0.1) is 0 Å². The summed E-state index contributed by atoms with van der Waals surface area (Å²) in [5, 5.41) is 54.7. The second-order valence-corrected chi connectivity index (χ2v) is 17.5. The van der Waals surface area contributed by atoms with Crippen molar-refractivity contribution in [1.29, 1.82) is 26.3 Å². The van der Waals surface area contributed by atoms with Crippen LogP contribution in [0.25, 0.3) is 111 Å². The maximum atomic E-state index is 11.1. The van der Waals surface area contributed by atoms with E-state index in [1.54, 1.807) is 24.3 Å². The van der Waals surface area contributed by atoms with Crippen molar-refractivity contribution in [1.82, 2.24) is 14.1 Å². The maximum Gasteiger partial charge on any atom is 0.0998 e. The molecule has 0 fully saturated rings. The zero-order valence-corrected chi connectivity index (χ0v) is 38.2. The van der Waals surface area contributed by atoms with Crippen LogP contribution >= 0.6 is 0 Å². The van der Waals surface area contributed by atoms with Crippen LogP contribution in [0.1, 0.15) is 27.8 Å². The van der Waals surface area contributed by atoms with E-state index in [4.69, 9.17) is 4.98 Å². The number of hydrogen-bond acceptors (Lipinski definition) is 6. The highest BCUT2D eigenvalue weighted by Crippen LogP contribution is 2.45. The Balaban J connectivity index is 1.21. The average molecular weight is 915 g/mol. The highest BCUT2D eigenvalue weighted by Gasteiger charge is 2.25. The molecule has 0 aliphatic rings. The molecule has 3 heterocycles. The standard InChI is InChI=1S/C64H34N8/c65-35-40-19-23-50(48(27-40)38-68)45-21-25-60-54(31-45)52-15-7-9-17-58(52)71(60)62-29-42(37-67)30-63(64(62)47-33-56(43-11-3-1-4-12-43)70-57(34-47)44-13-5-2-6-14-44)72-59-18-10-8-16-53(59)55-32-46(22-26-61(55)72)51-24-20-41(36-66)28-49(51)39-69/h1-34H. The van der Waals surface area contributed by atoms with Gasteiger partial charge in [0.05, 0.1) is 103 Å². The number of para-hydroxylation sites is 2. The van der Waals surface area contributed by atoms with Crippen LogP contribution in [0.5, 0.6) is 0 Å². The largest absolute Gasteiger partial charge is 0.308 e. The van der Waals surface area contributed by atoms with E-state index in [1.165, 1.54) is 0 Å². The van der Waals surface area contributed by atoms with Gasteiger partial charge in [0.2, 0.25) is 0 Å². The maximum absolute atomic E-state index is 11.1. The molecule has 0 aliphatic carbocycles. The van der Waals surface area contributed by atoms with Crippen LogP contribution in [-0.2, 0) is 0 Å². The van der Waals surface area contributed by atoms with Gasteiger partial charge in [-0.3, -0.25) is 0 Å². The number of fused-ring (bicyclic) bond motifs is 6. The summed E-state index contributed by atoms with van der Waals surface area (Å²) >= 11 is 0. The molecule has 330 valence electrons. The lowest BCUT2D eigenvalue weighted by molar-refractivity contribution is 1.13. The lowest BCUT2D eigenvalue weighted by Crippen LogP contribution is -2.05. The zero-order valence-electron chi connectivity index (χ0n) is 38.2. The summed E-state index contributed by atoms with van der Waals surface area (Å²) in [6.45, 7) is 0. The molecule has 0 amide bonds. The Kier molecular flexibility index (Phi) is 10.3. The van der Waals surface area contributed by atoms with Gasteiger partial charge in [0, 0.05) is 38.2 Å². The summed E-state index contributed by atoms with van der Waals surface area (Å²) in [5.41, 5.74) is 15.5. The zero-order chi connectivity index (χ0) is 48.9. The minimum atomic E-state index is 0.410. The van der Waals surface area contributed by atoms with Crippen LogP contribution in [0, 0.1) is 56.7 Å². The van der Waals surface area contributed by atoms with E-state index in [1.807, 2.05) is 97.1 Å². The van der Waals surface area contributed by atoms with Crippen molar-refractivity contribution in [2.24, 2.45) is 0 Å². The van der Waals surface area contributed by atoms with Crippen LogP contribution < -0.4 is 0 Å². The van der Waals surface area contributed by atoms with Gasteiger partial charge < -0.3 is 9.13 Å². The first-order chi connectivity index (χ1) is 35.5. The number of rotatable bonds is 7. The molecule has 0 bridgehead atoms. The average Bonchev–Trinajstić information content (AvgIpc) is 3.96. The molecule has 0 atom stereocenters. The van der Waals surface area contributed by atoms with E-state index in [2.05, 4.69) is 124 Å². The van der Waals surface area contributed by atoms with Crippen molar-refractivity contribution in [2.45, 2.75) is 0 Å². The third kappa shape index (κ3) is 7.00. The Bertz CT molecular complexity index is 4180. The van der Waals surface area contributed by atoms with Crippen LogP contribution in [0.2, 0.25) is 0 Å². The summed E-state index contributed by atoms with van der Waals surface area (Å²) in [7, 11) is 0. The van der Waals surface area contributed by atoms with E-state index < -0.39 is 0 Å². The molecule has 3 aromatic heterocycles. The van der Waals surface area contributed by atoms with E-state index >= 15 is 0 Å². The predicted molar refractivity (Wildman–Crippen MR) is 284 cm³/mol. The van der Waals surface area contributed by atoms with Crippen LogP contribution in [-0.4, -0.2) is 14.1 Å². The molecule has 0 unspecified atom stereocenters. The van der Waals surface area contributed by atoms with E-state index in [9.17, 15) is 26.3 Å². The van der Waals surface area contributed by atoms with Gasteiger partial charge >= 0.3 is 0 Å². The number of benzene rings is 9. The first-order valence-corrected chi connectivity index (χ1v) is 23.1. The fraction of sp³-hybridized carbons (Fsp3) is 0. The van der Waals surface area contributed by atoms with Gasteiger partial charge in [-0.2, -0.15) is 26.3 Å². The molecule has 0 aliphatic heterocycles. The molecule has 0 saturated carbocycles. The third-order valence-corrected chi connectivity index (χ3v) is 13.5. The SMILES string of the molecule is N#Cc1ccc(-c2ccc3c(c2)c2ccccc2n3-c2cc(C#N)cc(-n3c4ccccc4c4cc(-c5ccc(C#N)cc5C#N)ccc43)c2-c2cc(-c3ccccc3)nc(-c3ccccc3)c2)c(C#N)c1. The first kappa shape index (κ1) is 42.5. The number of aromatic nitrogens is 3. The van der Waals surface area contributed by atoms with Crippen LogP contribution in [0.15, 0.2) is 206 Å². The molecule has 12 rings (SSSR count). The van der Waals surface area contributed by atoms with Crippen LogP contribution in [0.4, 0.5) is 0 Å². The third-order valence-electron chi connectivity index (χ3n) is 13.5. The summed E-state index contributed by atoms with van der Waals surface area (Å²) in [5.74, 6) is 0. The summed E-state index contributed by atoms with van der Waals surface area (Å²) < 4.78 is 4.48. The number of nitrogens with zero attached hydrogens (tertiary/aromatic N) is 8. The normalized spacial score (nSPS) is 11.0. The van der Waals surface area contributed by atoms with E-state index in [0.29, 0.717) is 27.8 Å². The van der Waals surface area contributed by atoms with Crippen molar-refractivity contribution >= 4 is 43.6 Å². The molecule has 9 aromatic carbocycles. The smallest absolute Gasteiger partial charge is 0.0998 e. The molecule has 8 nitrogen and oxygen atoms in total. The Morgan fingerprint density at radius 3 is 1.15 bits per heavy atom. The quantitative estimate of drug-likeness (QED) is 0.156. The van der Waals surface area contributed by atoms with Gasteiger partial charge in [0.15, 0.2) is 0 Å². The lowest BCUT2D eigenvalue weighted by atomic mass is 9.95. The lowest BCUT2D eigenvalue weighted by Gasteiger charge is -2.22. The predicted octanol–water partition coefficient (Wildman–Crippen LogP) is 15.0. The van der Waals surface area contributed by atoms with E-state index in [0.717, 1.165) is 111 Å². The minimum absolute atomic E-state index is 0.410. The van der Waals surface area contributed by atoms with Crippen molar-refractivity contribution in [3.8, 4) is 97.6 Å². The van der Waals surface area contributed by atoms with Crippen molar-refractivity contribution in [3.63, 3.8) is 0 Å². The first-order valence-electron chi connectivity index (χ1n) is 23.1. The van der Waals surface area contributed by atoms with Crippen molar-refractivity contribution < 1.29 is 0 Å². The van der Waals surface area contributed by atoms with E-state index in [-0.39, 0.29) is 0 Å². The fourth-order valence-corrected chi connectivity index (χ4v) is 10.2. The molecule has 0 radical (unpaired) electrons. The van der Waals surface area contributed by atoms with Gasteiger partial charge in [0.1, 0.15) is 0 Å². The highest BCUT2D eigenvalue weighted by molar-refractivity contribution is 6.13. The number of hydrogen-bond donors (Lipinski definition) is 0. The van der Waals surface area contributed by atoms with Crippen LogP contribution in [0.3, 0.4) is 0 Å². The van der Waals surface area contributed by atoms with Crippen molar-refractivity contribution in [3.05, 3.63) is 234 Å². The molecular formula is C64H34N8. The Hall–Kier alpha value is -10.8. The van der Waals surface area contributed by atoms with Gasteiger partial charge in [-0.25, -0.2) is 4.98 Å². The molecule has 12 aromatic rings. The number of nitriles is 5. The monoisotopic (exact) mass is 914 g/mol. The molecule has 0 spiro atoms. The number of pyridine rings is 1. The molecule has 0 saturated heterocycles. The van der Waals surface area contributed by atoms with Gasteiger partial charge in [0.25, 0.3) is 0 Å². The summed E-state index contributed by atoms with van der Waals surface area (Å²) in [6.07, 6.45) is 0. The minimum Gasteiger partial charge on any atom is -0.308 e. The Morgan fingerprint density at radius 2 is 0.722 bits per heavy atom. The Labute approximate surface area is 413 Å². The molecule has 0 N–H and O–H groups in total. The second-order valence-electron chi connectivity index (χ2n) is 17.5. The highest BCUT2D eigenvalue weighted by atomic mass is 15.0. The summed E-state index contributed by atoms with van der Waals surface area (Å²) in [4.78, 5) is 5.30. The fourth-order valence-electron chi connectivity index (χ4n) is 10.2. The summed E-state index contributed by atoms with van der Waals surface area (Å²) in [6, 6.07) is 79.2. The Morgan fingerprint density at radius 1 is 0.306 bits per heavy atom. The molecular weight excluding hydrogens is 881 g/mol.